The zero-order valence-corrected chi connectivity index (χ0v) is 10.7. The summed E-state index contributed by atoms with van der Waals surface area (Å²) in [5.74, 6) is -3.57. The number of rotatable bonds is 4. The summed E-state index contributed by atoms with van der Waals surface area (Å²) in [5.41, 5.74) is 0.0217. The number of benzene rings is 1. The molecule has 102 valence electrons. The van der Waals surface area contributed by atoms with E-state index in [1.165, 1.54) is 6.92 Å². The average molecular weight is 300 g/mol. The topological polar surface area (TPSA) is 106 Å². The molecule has 0 amide bonds. The lowest BCUT2D eigenvalue weighted by Crippen LogP contribution is -2.21. The molecule has 0 saturated carbocycles. The molecular weight excluding hydrogens is 290 g/mol. The summed E-state index contributed by atoms with van der Waals surface area (Å²) in [6, 6.07) is 3.15. The van der Waals surface area contributed by atoms with Crippen molar-refractivity contribution in [3.8, 4) is 0 Å². The number of aryl methyl sites for hydroxylation is 1. The van der Waals surface area contributed by atoms with E-state index in [0.717, 1.165) is 18.2 Å². The molecule has 6 nitrogen and oxygen atoms in total. The number of anilines is 1. The molecule has 1 aromatic rings. The van der Waals surface area contributed by atoms with Gasteiger partial charge in [-0.3, -0.25) is 4.72 Å². The second-order valence-corrected chi connectivity index (χ2v) is 6.64. The number of hydrogen-bond donors (Lipinski definition) is 2. The largest absolute Gasteiger partial charge is 0.355 e. The van der Waals surface area contributed by atoms with Crippen molar-refractivity contribution in [1.82, 2.24) is 0 Å². The van der Waals surface area contributed by atoms with Crippen LogP contribution in [0.1, 0.15) is 5.56 Å². The Morgan fingerprint density at radius 2 is 1.78 bits per heavy atom. The first kappa shape index (κ1) is 14.8. The van der Waals surface area contributed by atoms with Crippen LogP contribution in [0, 0.1) is 6.92 Å². The monoisotopic (exact) mass is 300 g/mol. The Morgan fingerprint density at radius 1 is 1.22 bits per heavy atom. The van der Waals surface area contributed by atoms with Crippen LogP contribution in [-0.4, -0.2) is 22.6 Å². The molecule has 3 N–H and O–H groups in total. The smallest absolute Gasteiger partial charge is 0.279 e. The third-order valence-corrected chi connectivity index (χ3v) is 3.90. The van der Waals surface area contributed by atoms with Gasteiger partial charge in [0.05, 0.1) is 10.6 Å². The van der Waals surface area contributed by atoms with Gasteiger partial charge >= 0.3 is 5.76 Å². The molecule has 0 fully saturated rings. The van der Waals surface area contributed by atoms with Crippen molar-refractivity contribution in [2.45, 2.75) is 17.6 Å². The van der Waals surface area contributed by atoms with Gasteiger partial charge in [-0.1, -0.05) is 0 Å². The first-order chi connectivity index (χ1) is 8.04. The standard InChI is InChI=1S/C8H10F2N2O4S2/c1-5-4-6(17(11,13)14)2-3-7(5)12-18(15,16)8(9)10/h2-4,8,12H,1H3,(H2,11,13,14). The Hall–Kier alpha value is -1.26. The van der Waals surface area contributed by atoms with Crippen LogP contribution in [0.3, 0.4) is 0 Å². The molecule has 0 unspecified atom stereocenters. The number of alkyl halides is 2. The zero-order chi connectivity index (χ0) is 14.1. The van der Waals surface area contributed by atoms with E-state index >= 15 is 0 Å². The van der Waals surface area contributed by atoms with Gasteiger partial charge in [-0.25, -0.2) is 22.0 Å². The van der Waals surface area contributed by atoms with Crippen LogP contribution in [0.4, 0.5) is 14.5 Å². The van der Waals surface area contributed by atoms with Gasteiger partial charge in [0.1, 0.15) is 0 Å². The molecule has 0 saturated heterocycles. The number of hydrogen-bond acceptors (Lipinski definition) is 4. The highest BCUT2D eigenvalue weighted by Gasteiger charge is 2.24. The predicted molar refractivity (Wildman–Crippen MR) is 61.1 cm³/mol. The lowest BCUT2D eigenvalue weighted by molar-refractivity contribution is 0.236. The minimum atomic E-state index is -4.79. The second kappa shape index (κ2) is 4.78. The summed E-state index contributed by atoms with van der Waals surface area (Å²) in [5, 5.41) is 4.86. The molecule has 0 radical (unpaired) electrons. The van der Waals surface area contributed by atoms with Crippen molar-refractivity contribution >= 4 is 25.7 Å². The summed E-state index contributed by atoms with van der Waals surface area (Å²) < 4.78 is 69.8. The third-order valence-electron chi connectivity index (χ3n) is 2.01. The Kier molecular flexibility index (Phi) is 3.93. The fourth-order valence-electron chi connectivity index (χ4n) is 1.13. The van der Waals surface area contributed by atoms with Crippen LogP contribution in [0.2, 0.25) is 0 Å². The maximum atomic E-state index is 12.1. The Morgan fingerprint density at radius 3 is 2.17 bits per heavy atom. The molecule has 18 heavy (non-hydrogen) atoms. The fourth-order valence-corrected chi connectivity index (χ4v) is 2.35. The van der Waals surface area contributed by atoms with Crippen LogP contribution >= 0.6 is 0 Å². The van der Waals surface area contributed by atoms with Gasteiger partial charge in [-0.15, -0.1) is 0 Å². The third kappa shape index (κ3) is 3.37. The zero-order valence-electron chi connectivity index (χ0n) is 9.09. The molecule has 0 atom stereocenters. The van der Waals surface area contributed by atoms with Crippen molar-refractivity contribution in [2.24, 2.45) is 5.14 Å². The lowest BCUT2D eigenvalue weighted by atomic mass is 10.2. The van der Waals surface area contributed by atoms with Gasteiger partial charge < -0.3 is 0 Å². The molecule has 0 bridgehead atoms. The molecule has 0 aliphatic carbocycles. The van der Waals surface area contributed by atoms with Crippen LogP contribution in [0.5, 0.6) is 0 Å². The Labute approximate surface area is 103 Å². The molecule has 1 aromatic carbocycles. The van der Waals surface area contributed by atoms with E-state index in [-0.39, 0.29) is 16.1 Å². The highest BCUT2D eigenvalue weighted by atomic mass is 32.2. The van der Waals surface area contributed by atoms with Crippen LogP contribution in [0.15, 0.2) is 23.1 Å². The van der Waals surface area contributed by atoms with Gasteiger partial charge in [-0.2, -0.15) is 8.78 Å². The van der Waals surface area contributed by atoms with Crippen LogP contribution in [0.25, 0.3) is 0 Å². The van der Waals surface area contributed by atoms with Crippen LogP contribution < -0.4 is 9.86 Å². The van der Waals surface area contributed by atoms with E-state index in [2.05, 4.69) is 0 Å². The maximum Gasteiger partial charge on any atom is 0.355 e. The lowest BCUT2D eigenvalue weighted by Gasteiger charge is -2.10. The predicted octanol–water partition coefficient (Wildman–Crippen LogP) is 0.607. The number of nitrogens with one attached hydrogen (secondary N) is 1. The molecule has 0 aromatic heterocycles. The summed E-state index contributed by atoms with van der Waals surface area (Å²) >= 11 is 0. The first-order valence-corrected chi connectivity index (χ1v) is 7.56. The average Bonchev–Trinajstić information content (AvgIpc) is 2.19. The van der Waals surface area contributed by atoms with Gasteiger partial charge in [0.2, 0.25) is 10.0 Å². The van der Waals surface area contributed by atoms with Crippen molar-refractivity contribution in [2.75, 3.05) is 4.72 Å². The molecule has 0 aliphatic heterocycles. The number of primary sulfonamides is 1. The van der Waals surface area contributed by atoms with E-state index in [9.17, 15) is 25.6 Å². The molecule has 0 spiro atoms. The number of sulfonamides is 2. The summed E-state index contributed by atoms with van der Waals surface area (Å²) in [6.07, 6.45) is 0. The van der Waals surface area contributed by atoms with Crippen molar-refractivity contribution in [3.63, 3.8) is 0 Å². The summed E-state index contributed by atoms with van der Waals surface area (Å²) in [6.45, 7) is 1.36. The Bertz CT molecular complexity index is 656. The van der Waals surface area contributed by atoms with E-state index in [1.807, 2.05) is 0 Å². The van der Waals surface area contributed by atoms with Gasteiger partial charge in [0, 0.05) is 0 Å². The van der Waals surface area contributed by atoms with Crippen molar-refractivity contribution < 1.29 is 25.6 Å². The van der Waals surface area contributed by atoms with E-state index in [0.29, 0.717) is 0 Å². The van der Waals surface area contributed by atoms with Crippen molar-refractivity contribution in [3.05, 3.63) is 23.8 Å². The first-order valence-electron chi connectivity index (χ1n) is 4.47. The fraction of sp³-hybridized carbons (Fsp3) is 0.250. The SMILES string of the molecule is Cc1cc(S(N)(=O)=O)ccc1NS(=O)(=O)C(F)F. The minimum Gasteiger partial charge on any atom is -0.279 e. The Balaban J connectivity index is 3.16. The quantitative estimate of drug-likeness (QED) is 0.849. The van der Waals surface area contributed by atoms with Crippen molar-refractivity contribution in [1.29, 1.82) is 0 Å². The number of nitrogens with two attached hydrogens (primary N) is 1. The highest BCUT2D eigenvalue weighted by molar-refractivity contribution is 7.93. The normalized spacial score (nSPS) is 12.7. The second-order valence-electron chi connectivity index (χ2n) is 3.43. The number of halogens is 2. The molecule has 0 heterocycles. The molecule has 1 rings (SSSR count). The summed E-state index contributed by atoms with van der Waals surface area (Å²) in [4.78, 5) is -0.236. The van der Waals surface area contributed by atoms with E-state index in [4.69, 9.17) is 5.14 Å². The molecular formula is C8H10F2N2O4S2. The maximum absolute atomic E-state index is 12.1. The summed E-state index contributed by atoms with van der Waals surface area (Å²) in [7, 11) is -8.71. The van der Waals surface area contributed by atoms with E-state index < -0.39 is 25.8 Å². The molecule has 10 heteroatoms. The molecule has 0 aliphatic rings. The highest BCUT2D eigenvalue weighted by Crippen LogP contribution is 2.21. The van der Waals surface area contributed by atoms with Gasteiger partial charge in [0.15, 0.2) is 0 Å². The van der Waals surface area contributed by atoms with E-state index in [1.54, 1.807) is 4.72 Å². The van der Waals surface area contributed by atoms with Gasteiger partial charge in [-0.05, 0) is 30.7 Å². The minimum absolute atomic E-state index is 0.136. The van der Waals surface area contributed by atoms with Crippen LogP contribution in [-0.2, 0) is 20.0 Å². The van der Waals surface area contributed by atoms with Gasteiger partial charge in [0.25, 0.3) is 10.0 Å².